The van der Waals surface area contributed by atoms with E-state index in [-0.39, 0.29) is 11.7 Å². The number of rotatable bonds is 28. The Kier molecular flexibility index (Phi) is 24.0. The molecule has 0 saturated heterocycles. The van der Waals surface area contributed by atoms with Gasteiger partial charge in [-0.3, -0.25) is 4.79 Å². The molecular weight excluding hydrogens is 500 g/mol. The highest BCUT2D eigenvalue weighted by molar-refractivity contribution is 5.87. The van der Waals surface area contributed by atoms with Crippen molar-refractivity contribution in [2.45, 2.75) is 154 Å². The van der Waals surface area contributed by atoms with Gasteiger partial charge < -0.3 is 14.9 Å². The van der Waals surface area contributed by atoms with Gasteiger partial charge in [0.25, 0.3) is 0 Å². The minimum absolute atomic E-state index is 0.215. The van der Waals surface area contributed by atoms with Gasteiger partial charge in [-0.05, 0) is 36.6 Å². The van der Waals surface area contributed by atoms with Crippen LogP contribution in [-0.2, 0) is 14.3 Å². The number of aliphatic carboxylic acids is 1. The molecule has 0 spiro atoms. The number of carboxylic acids is 1. The van der Waals surface area contributed by atoms with Crippen molar-refractivity contribution >= 4 is 18.0 Å². The molecule has 0 atom stereocenters. The van der Waals surface area contributed by atoms with E-state index in [1.807, 2.05) is 0 Å². The summed E-state index contributed by atoms with van der Waals surface area (Å²) < 4.78 is 5.25. The van der Waals surface area contributed by atoms with E-state index in [0.717, 1.165) is 31.2 Å². The van der Waals surface area contributed by atoms with E-state index in [0.29, 0.717) is 13.0 Å². The number of esters is 1. The maximum Gasteiger partial charge on any atom is 0.330 e. The summed E-state index contributed by atoms with van der Waals surface area (Å²) in [5.41, 5.74) is 0.861. The largest absolute Gasteiger partial charge is 0.508 e. The number of carbonyl (C=O) groups is 2. The van der Waals surface area contributed by atoms with Gasteiger partial charge in [0.05, 0.1) is 6.61 Å². The van der Waals surface area contributed by atoms with Gasteiger partial charge >= 0.3 is 11.9 Å². The molecule has 0 saturated carbocycles. The highest BCUT2D eigenvalue weighted by Crippen LogP contribution is 2.16. The first-order valence-corrected chi connectivity index (χ1v) is 16.4. The van der Waals surface area contributed by atoms with Crippen LogP contribution in [0.2, 0.25) is 0 Å². The molecule has 1 aromatic rings. The SMILES string of the molecule is O=C(O)CCCCCCCCCCCCCCCCCCCCCCCCCOC(=O)/C=C/c1ccc(O)cc1. The highest BCUT2D eigenvalue weighted by Gasteiger charge is 1.99. The number of aromatic hydroxyl groups is 1. The van der Waals surface area contributed by atoms with Crippen molar-refractivity contribution in [1.29, 1.82) is 0 Å². The molecule has 5 heteroatoms. The molecule has 0 aliphatic carbocycles. The Hall–Kier alpha value is -2.30. The average Bonchev–Trinajstić information content (AvgIpc) is 2.94. The van der Waals surface area contributed by atoms with Gasteiger partial charge in [0.15, 0.2) is 0 Å². The summed E-state index contributed by atoms with van der Waals surface area (Å²) in [6.45, 7) is 0.485. The lowest BCUT2D eigenvalue weighted by Gasteiger charge is -2.04. The smallest absolute Gasteiger partial charge is 0.330 e. The number of unbranched alkanes of at least 4 members (excludes halogenated alkanes) is 22. The first-order chi connectivity index (χ1) is 19.6. The Morgan fingerprint density at radius 3 is 1.27 bits per heavy atom. The molecule has 40 heavy (non-hydrogen) atoms. The van der Waals surface area contributed by atoms with E-state index < -0.39 is 5.97 Å². The maximum atomic E-state index is 11.8. The summed E-state index contributed by atoms with van der Waals surface area (Å²) in [7, 11) is 0. The van der Waals surface area contributed by atoms with Crippen LogP contribution in [0.25, 0.3) is 6.08 Å². The maximum absolute atomic E-state index is 11.8. The minimum atomic E-state index is -0.663. The predicted molar refractivity (Wildman–Crippen MR) is 167 cm³/mol. The fourth-order valence-electron chi connectivity index (χ4n) is 5.06. The molecule has 0 bridgehead atoms. The highest BCUT2D eigenvalue weighted by atomic mass is 16.5. The standard InChI is InChI=1S/C35H58O5/c36-33-28-25-32(26-29-33)27-30-35(39)40-31-23-21-19-17-15-13-11-9-7-5-3-1-2-4-6-8-10-12-14-16-18-20-22-24-34(37)38/h25-30,36H,1-24,31H2,(H,37,38)/b30-27+. The number of carbonyl (C=O) groups excluding carboxylic acids is 1. The van der Waals surface area contributed by atoms with Crippen LogP contribution in [0.1, 0.15) is 160 Å². The van der Waals surface area contributed by atoms with Crippen LogP contribution >= 0.6 is 0 Å². The quantitative estimate of drug-likeness (QED) is 0.0607. The van der Waals surface area contributed by atoms with Gasteiger partial charge in [-0.2, -0.15) is 0 Å². The van der Waals surface area contributed by atoms with Crippen molar-refractivity contribution in [1.82, 2.24) is 0 Å². The van der Waals surface area contributed by atoms with Gasteiger partial charge in [-0.1, -0.05) is 147 Å². The summed E-state index contributed by atoms with van der Waals surface area (Å²) in [5.74, 6) is -0.758. The van der Waals surface area contributed by atoms with Gasteiger partial charge in [-0.25, -0.2) is 4.79 Å². The zero-order valence-corrected chi connectivity index (χ0v) is 25.3. The van der Waals surface area contributed by atoms with Crippen molar-refractivity contribution < 1.29 is 24.5 Å². The van der Waals surface area contributed by atoms with Crippen LogP contribution in [0, 0.1) is 0 Å². The number of hydrogen-bond acceptors (Lipinski definition) is 4. The molecule has 2 N–H and O–H groups in total. The lowest BCUT2D eigenvalue weighted by atomic mass is 10.0. The van der Waals surface area contributed by atoms with Crippen LogP contribution in [0.15, 0.2) is 30.3 Å². The fourth-order valence-corrected chi connectivity index (χ4v) is 5.06. The number of hydrogen-bond donors (Lipinski definition) is 2. The average molecular weight is 559 g/mol. The van der Waals surface area contributed by atoms with Crippen LogP contribution in [-0.4, -0.2) is 28.8 Å². The molecule has 0 amide bonds. The van der Waals surface area contributed by atoms with E-state index in [4.69, 9.17) is 9.84 Å². The molecule has 0 heterocycles. The summed E-state index contributed by atoms with van der Waals surface area (Å²) in [6, 6.07) is 6.70. The molecule has 228 valence electrons. The van der Waals surface area contributed by atoms with E-state index >= 15 is 0 Å². The third-order valence-electron chi connectivity index (χ3n) is 7.58. The molecule has 0 fully saturated rings. The van der Waals surface area contributed by atoms with E-state index in [1.54, 1.807) is 30.3 Å². The lowest BCUT2D eigenvalue weighted by Crippen LogP contribution is -2.02. The van der Waals surface area contributed by atoms with Gasteiger partial charge in [-0.15, -0.1) is 0 Å². The second kappa shape index (κ2) is 26.9. The Balaban J connectivity index is 1.71. The van der Waals surface area contributed by atoms with Gasteiger partial charge in [0, 0.05) is 12.5 Å². The Bertz CT molecular complexity index is 756. The summed E-state index contributed by atoms with van der Waals surface area (Å²) in [4.78, 5) is 22.2. The second-order valence-electron chi connectivity index (χ2n) is 11.4. The number of phenols is 1. The monoisotopic (exact) mass is 558 g/mol. The Labute approximate surface area is 244 Å². The number of ether oxygens (including phenoxy) is 1. The molecule has 1 aromatic carbocycles. The van der Waals surface area contributed by atoms with Crippen molar-refractivity contribution in [3.8, 4) is 5.75 Å². The van der Waals surface area contributed by atoms with Crippen LogP contribution in [0.4, 0.5) is 0 Å². The van der Waals surface area contributed by atoms with E-state index in [9.17, 15) is 14.7 Å². The number of carboxylic acid groups (broad SMARTS) is 1. The van der Waals surface area contributed by atoms with E-state index in [2.05, 4.69) is 0 Å². The van der Waals surface area contributed by atoms with Crippen molar-refractivity contribution in [3.63, 3.8) is 0 Å². The second-order valence-corrected chi connectivity index (χ2v) is 11.4. The summed E-state index contributed by atoms with van der Waals surface area (Å²) in [6.07, 6.45) is 33.0. The van der Waals surface area contributed by atoms with Crippen molar-refractivity contribution in [2.75, 3.05) is 6.61 Å². The van der Waals surface area contributed by atoms with Gasteiger partial charge in [0.2, 0.25) is 0 Å². The van der Waals surface area contributed by atoms with Crippen molar-refractivity contribution in [2.24, 2.45) is 0 Å². The molecule has 0 radical (unpaired) electrons. The molecule has 0 aromatic heterocycles. The van der Waals surface area contributed by atoms with Crippen molar-refractivity contribution in [3.05, 3.63) is 35.9 Å². The molecule has 0 aliphatic rings. The first kappa shape index (κ1) is 35.7. The topological polar surface area (TPSA) is 83.8 Å². The third kappa shape index (κ3) is 24.7. The normalized spacial score (nSPS) is 11.3. The first-order valence-electron chi connectivity index (χ1n) is 16.4. The molecular formula is C35H58O5. The third-order valence-corrected chi connectivity index (χ3v) is 7.58. The Morgan fingerprint density at radius 1 is 0.550 bits per heavy atom. The fraction of sp³-hybridized carbons (Fsp3) is 0.714. The molecule has 5 nitrogen and oxygen atoms in total. The van der Waals surface area contributed by atoms with Crippen LogP contribution in [0.3, 0.4) is 0 Å². The van der Waals surface area contributed by atoms with Gasteiger partial charge in [0.1, 0.15) is 5.75 Å². The molecule has 1 rings (SSSR count). The zero-order valence-electron chi connectivity index (χ0n) is 25.3. The predicted octanol–water partition coefficient (Wildman–Crippen LogP) is 10.4. The van der Waals surface area contributed by atoms with Crippen LogP contribution < -0.4 is 0 Å². The Morgan fingerprint density at radius 2 is 0.900 bits per heavy atom. The minimum Gasteiger partial charge on any atom is -0.508 e. The zero-order chi connectivity index (χ0) is 28.9. The lowest BCUT2D eigenvalue weighted by molar-refractivity contribution is -0.138. The van der Waals surface area contributed by atoms with E-state index in [1.165, 1.54) is 128 Å². The number of benzene rings is 1. The van der Waals surface area contributed by atoms with Crippen LogP contribution in [0.5, 0.6) is 5.75 Å². The molecule has 0 unspecified atom stereocenters. The number of phenolic OH excluding ortho intramolecular Hbond substituents is 1. The summed E-state index contributed by atoms with van der Waals surface area (Å²) in [5, 5.41) is 17.9. The summed E-state index contributed by atoms with van der Waals surface area (Å²) >= 11 is 0. The molecule has 0 aliphatic heterocycles.